The van der Waals surface area contributed by atoms with Crippen LogP contribution in [0, 0.1) is 5.92 Å². The van der Waals surface area contributed by atoms with Crippen molar-refractivity contribution in [2.24, 2.45) is 5.92 Å². The molecule has 10 heavy (non-hydrogen) atoms. The number of aliphatic hydroxyl groups excluding tert-OH is 1. The van der Waals surface area contributed by atoms with Crippen molar-refractivity contribution in [1.29, 1.82) is 0 Å². The maximum atomic E-state index is 11.6. The predicted octanol–water partition coefficient (Wildman–Crippen LogP) is 0.695. The molecule has 2 atom stereocenters. The van der Waals surface area contributed by atoms with Gasteiger partial charge in [0.1, 0.15) is 6.23 Å². The van der Waals surface area contributed by atoms with E-state index >= 15 is 0 Å². The molecule has 0 aliphatic carbocycles. The Morgan fingerprint density at radius 3 is 2.70 bits per heavy atom. The predicted molar refractivity (Wildman–Crippen MR) is 32.4 cm³/mol. The van der Waals surface area contributed by atoms with E-state index in [1.165, 1.54) is 0 Å². The molecule has 4 heteroatoms. The second-order valence-electron chi connectivity index (χ2n) is 2.38. The van der Waals surface area contributed by atoms with Crippen LogP contribution in [-0.4, -0.2) is 17.9 Å². The Bertz CT molecular complexity index is 145. The van der Waals surface area contributed by atoms with Gasteiger partial charge in [-0.2, -0.15) is 8.78 Å². The van der Waals surface area contributed by atoms with E-state index in [1.807, 2.05) is 0 Å². The highest BCUT2D eigenvalue weighted by molar-refractivity contribution is 4.93. The third kappa shape index (κ3) is 2.04. The largest absolute Gasteiger partial charge is 0.379 e. The number of aliphatic hydroxyl groups is 1. The third-order valence-corrected chi connectivity index (χ3v) is 1.50. The van der Waals surface area contributed by atoms with Gasteiger partial charge in [-0.15, -0.1) is 0 Å². The lowest BCUT2D eigenvalue weighted by Crippen LogP contribution is -2.19. The minimum absolute atomic E-state index is 0.208. The summed E-state index contributed by atoms with van der Waals surface area (Å²) in [7, 11) is 0. The van der Waals surface area contributed by atoms with E-state index in [0.717, 1.165) is 6.08 Å². The van der Waals surface area contributed by atoms with E-state index in [-0.39, 0.29) is 5.92 Å². The van der Waals surface area contributed by atoms with E-state index in [2.05, 4.69) is 5.32 Å². The van der Waals surface area contributed by atoms with Gasteiger partial charge in [0.05, 0.1) is 0 Å². The van der Waals surface area contributed by atoms with Crippen LogP contribution in [0.25, 0.3) is 0 Å². The van der Waals surface area contributed by atoms with Crippen LogP contribution in [0.1, 0.15) is 6.42 Å². The van der Waals surface area contributed by atoms with Crippen LogP contribution in [0.4, 0.5) is 8.78 Å². The molecule has 1 heterocycles. The summed E-state index contributed by atoms with van der Waals surface area (Å²) in [6, 6.07) is 0. The van der Waals surface area contributed by atoms with Crippen molar-refractivity contribution in [3.63, 3.8) is 0 Å². The van der Waals surface area contributed by atoms with Gasteiger partial charge in [0.2, 0.25) is 0 Å². The van der Waals surface area contributed by atoms with E-state index in [0.29, 0.717) is 13.0 Å². The third-order valence-electron chi connectivity index (χ3n) is 1.50. The minimum Gasteiger partial charge on any atom is -0.379 e. The molecule has 0 spiro atoms. The monoisotopic (exact) mass is 149 g/mol. The number of hydrogen-bond donors (Lipinski definition) is 2. The maximum Gasteiger partial charge on any atom is 0.266 e. The van der Waals surface area contributed by atoms with Crippen molar-refractivity contribution in [2.75, 3.05) is 6.54 Å². The normalized spacial score (nSPS) is 32.3. The molecule has 1 aliphatic heterocycles. The Labute approximate surface area is 57.5 Å². The summed E-state index contributed by atoms with van der Waals surface area (Å²) in [6.07, 6.45) is -1.01. The molecule has 58 valence electrons. The molecule has 0 aromatic heterocycles. The number of nitrogens with one attached hydrogen (secondary N) is 1. The van der Waals surface area contributed by atoms with Gasteiger partial charge in [-0.3, -0.25) is 5.32 Å². The number of halogens is 2. The molecule has 1 aliphatic rings. The molecule has 1 rings (SSSR count). The van der Waals surface area contributed by atoms with Gasteiger partial charge >= 0.3 is 0 Å². The second-order valence-corrected chi connectivity index (χ2v) is 2.38. The first kappa shape index (κ1) is 7.63. The van der Waals surface area contributed by atoms with E-state index in [9.17, 15) is 8.78 Å². The maximum absolute atomic E-state index is 11.6. The van der Waals surface area contributed by atoms with Crippen molar-refractivity contribution in [3.8, 4) is 0 Å². The van der Waals surface area contributed by atoms with Crippen molar-refractivity contribution < 1.29 is 13.9 Å². The molecule has 2 N–H and O–H groups in total. The molecule has 0 bridgehead atoms. The summed E-state index contributed by atoms with van der Waals surface area (Å²) in [6.45, 7) is 0.443. The summed E-state index contributed by atoms with van der Waals surface area (Å²) < 4.78 is 23.1. The fourth-order valence-electron chi connectivity index (χ4n) is 1.05. The van der Waals surface area contributed by atoms with Gasteiger partial charge in [0, 0.05) is 6.54 Å². The lowest BCUT2D eigenvalue weighted by Gasteiger charge is -1.97. The molecule has 2 nitrogen and oxygen atoms in total. The van der Waals surface area contributed by atoms with Crippen molar-refractivity contribution in [3.05, 3.63) is 12.2 Å². The summed E-state index contributed by atoms with van der Waals surface area (Å²) >= 11 is 0. The summed E-state index contributed by atoms with van der Waals surface area (Å²) in [5.41, 5.74) is 0. The molecule has 0 radical (unpaired) electrons. The molecular formula is C6H9F2NO. The fourth-order valence-corrected chi connectivity index (χ4v) is 1.05. The van der Waals surface area contributed by atoms with Gasteiger partial charge < -0.3 is 5.11 Å². The summed E-state index contributed by atoms with van der Waals surface area (Å²) in [5, 5.41) is 11.5. The highest BCUT2D eigenvalue weighted by Gasteiger charge is 2.20. The van der Waals surface area contributed by atoms with Crippen molar-refractivity contribution >= 4 is 0 Å². The summed E-state index contributed by atoms with van der Waals surface area (Å²) in [5.74, 6) is -0.208. The average molecular weight is 149 g/mol. The highest BCUT2D eigenvalue weighted by atomic mass is 19.3. The Morgan fingerprint density at radius 2 is 2.30 bits per heavy atom. The van der Waals surface area contributed by atoms with Crippen molar-refractivity contribution in [1.82, 2.24) is 5.32 Å². The molecule has 0 amide bonds. The first-order valence-electron chi connectivity index (χ1n) is 3.13. The van der Waals surface area contributed by atoms with Crippen LogP contribution >= 0.6 is 0 Å². The van der Waals surface area contributed by atoms with Crippen LogP contribution in [0.5, 0.6) is 0 Å². The van der Waals surface area contributed by atoms with Gasteiger partial charge in [-0.25, -0.2) is 0 Å². The standard InChI is InChI=1S/C6H9F2NO/c7-5(8)1-4-2-6(10)9-3-4/h1,4,6,9-10H,2-3H2. The molecule has 0 aromatic rings. The topological polar surface area (TPSA) is 32.3 Å². The first-order valence-corrected chi connectivity index (χ1v) is 3.13. The van der Waals surface area contributed by atoms with Crippen LogP contribution in [-0.2, 0) is 0 Å². The van der Waals surface area contributed by atoms with Crippen molar-refractivity contribution in [2.45, 2.75) is 12.6 Å². The lowest BCUT2D eigenvalue weighted by molar-refractivity contribution is 0.158. The minimum atomic E-state index is -1.67. The van der Waals surface area contributed by atoms with E-state index in [1.54, 1.807) is 0 Å². The van der Waals surface area contributed by atoms with Crippen LogP contribution < -0.4 is 5.32 Å². The fraction of sp³-hybridized carbons (Fsp3) is 0.667. The van der Waals surface area contributed by atoms with Crippen LogP contribution in [0.3, 0.4) is 0 Å². The SMILES string of the molecule is OC1CC(C=C(F)F)CN1. The molecule has 1 saturated heterocycles. The molecular weight excluding hydrogens is 140 g/mol. The number of hydrogen-bond acceptors (Lipinski definition) is 2. The Hall–Kier alpha value is -0.480. The van der Waals surface area contributed by atoms with Crippen LogP contribution in [0.2, 0.25) is 0 Å². The zero-order chi connectivity index (χ0) is 7.56. The molecule has 1 fully saturated rings. The van der Waals surface area contributed by atoms with Gasteiger partial charge in [0.15, 0.2) is 0 Å². The highest BCUT2D eigenvalue weighted by Crippen LogP contribution is 2.16. The number of rotatable bonds is 1. The zero-order valence-corrected chi connectivity index (χ0v) is 5.35. The summed E-state index contributed by atoms with van der Waals surface area (Å²) in [4.78, 5) is 0. The Balaban J connectivity index is 2.38. The second kappa shape index (κ2) is 3.07. The average Bonchev–Trinajstić information content (AvgIpc) is 2.13. The molecule has 2 unspecified atom stereocenters. The Morgan fingerprint density at radius 1 is 1.60 bits per heavy atom. The van der Waals surface area contributed by atoms with E-state index < -0.39 is 12.3 Å². The van der Waals surface area contributed by atoms with Gasteiger partial charge in [-0.05, 0) is 18.4 Å². The van der Waals surface area contributed by atoms with Gasteiger partial charge in [0.25, 0.3) is 6.08 Å². The zero-order valence-electron chi connectivity index (χ0n) is 5.35. The van der Waals surface area contributed by atoms with Gasteiger partial charge in [-0.1, -0.05) is 0 Å². The quantitative estimate of drug-likeness (QED) is 0.575. The molecule has 0 saturated carbocycles. The first-order chi connectivity index (χ1) is 4.68. The van der Waals surface area contributed by atoms with E-state index in [4.69, 9.17) is 5.11 Å². The lowest BCUT2D eigenvalue weighted by atomic mass is 10.1. The molecule has 0 aromatic carbocycles. The smallest absolute Gasteiger partial charge is 0.266 e. The van der Waals surface area contributed by atoms with Crippen LogP contribution in [0.15, 0.2) is 12.2 Å². The Kier molecular flexibility index (Phi) is 2.34.